The first-order valence-corrected chi connectivity index (χ1v) is 11.4. The van der Waals surface area contributed by atoms with Gasteiger partial charge >= 0.3 is 0 Å². The monoisotopic (exact) mass is 424 g/mol. The van der Waals surface area contributed by atoms with E-state index in [-0.39, 0.29) is 23.0 Å². The summed E-state index contributed by atoms with van der Waals surface area (Å²) in [6, 6.07) is 3.47. The van der Waals surface area contributed by atoms with E-state index < -0.39 is 5.82 Å². The Morgan fingerprint density at radius 2 is 2.10 bits per heavy atom. The van der Waals surface area contributed by atoms with Crippen LogP contribution in [0, 0.1) is 17.7 Å². The van der Waals surface area contributed by atoms with E-state index in [1.807, 2.05) is 6.07 Å². The first-order chi connectivity index (χ1) is 14.0. The number of rotatable bonds is 8. The largest absolute Gasteiger partial charge is 0.494 e. The molecule has 4 atom stereocenters. The van der Waals surface area contributed by atoms with Gasteiger partial charge in [-0.2, -0.15) is 0 Å². The number of halogens is 2. The van der Waals surface area contributed by atoms with Crippen molar-refractivity contribution in [3.05, 3.63) is 34.6 Å². The highest BCUT2D eigenvalue weighted by atomic mass is 35.5. The van der Waals surface area contributed by atoms with Gasteiger partial charge in [-0.25, -0.2) is 4.39 Å². The van der Waals surface area contributed by atoms with Gasteiger partial charge in [-0.15, -0.1) is 0 Å². The van der Waals surface area contributed by atoms with Gasteiger partial charge in [0.1, 0.15) is 0 Å². The van der Waals surface area contributed by atoms with Crippen LogP contribution in [0.15, 0.2) is 18.2 Å². The van der Waals surface area contributed by atoms with E-state index >= 15 is 0 Å². The van der Waals surface area contributed by atoms with Crippen molar-refractivity contribution < 1.29 is 18.6 Å². The number of hydrogen-bond acceptors (Lipinski definition) is 3. The van der Waals surface area contributed by atoms with Gasteiger partial charge < -0.3 is 14.2 Å². The molecule has 0 radical (unpaired) electrons. The molecule has 4 unspecified atom stereocenters. The van der Waals surface area contributed by atoms with Crippen LogP contribution in [0.3, 0.4) is 0 Å². The molecule has 2 aliphatic rings. The maximum Gasteiger partial charge on any atom is 0.184 e. The molecule has 1 aliphatic heterocycles. The van der Waals surface area contributed by atoms with Gasteiger partial charge in [-0.1, -0.05) is 44.4 Å². The molecule has 1 aromatic carbocycles. The maximum atomic E-state index is 14.2. The van der Waals surface area contributed by atoms with Crippen LogP contribution in [0.4, 0.5) is 4.39 Å². The fourth-order valence-electron chi connectivity index (χ4n) is 4.48. The van der Waals surface area contributed by atoms with E-state index in [2.05, 4.69) is 19.9 Å². The Morgan fingerprint density at radius 3 is 2.72 bits per heavy atom. The highest BCUT2D eigenvalue weighted by molar-refractivity contribution is 6.32. The highest BCUT2D eigenvalue weighted by Gasteiger charge is 2.27. The smallest absolute Gasteiger partial charge is 0.184 e. The molecule has 29 heavy (non-hydrogen) atoms. The van der Waals surface area contributed by atoms with Crippen LogP contribution in [0.25, 0.3) is 5.57 Å². The average Bonchev–Trinajstić information content (AvgIpc) is 2.75. The second kappa shape index (κ2) is 10.8. The molecule has 0 bridgehead atoms. The van der Waals surface area contributed by atoms with Crippen LogP contribution in [-0.4, -0.2) is 32.5 Å². The minimum atomic E-state index is -0.494. The first-order valence-electron chi connectivity index (χ1n) is 11.0. The Labute approximate surface area is 179 Å². The lowest BCUT2D eigenvalue weighted by Crippen LogP contribution is -2.33. The predicted molar refractivity (Wildman–Crippen MR) is 116 cm³/mol. The summed E-state index contributed by atoms with van der Waals surface area (Å²) in [5.41, 5.74) is 1.84. The zero-order chi connectivity index (χ0) is 20.8. The van der Waals surface area contributed by atoms with E-state index in [4.69, 9.17) is 25.8 Å². The Hall–Kier alpha value is -1.10. The number of allylic oxidation sites excluding steroid dienone is 1. The van der Waals surface area contributed by atoms with Crippen molar-refractivity contribution in [3.8, 4) is 5.75 Å². The van der Waals surface area contributed by atoms with Crippen LogP contribution in [0.1, 0.15) is 64.4 Å². The van der Waals surface area contributed by atoms with Crippen LogP contribution in [0.2, 0.25) is 5.02 Å². The van der Waals surface area contributed by atoms with Gasteiger partial charge in [0.15, 0.2) is 11.6 Å². The molecule has 0 amide bonds. The van der Waals surface area contributed by atoms with E-state index in [1.54, 1.807) is 6.07 Å². The number of benzene rings is 1. The van der Waals surface area contributed by atoms with Crippen molar-refractivity contribution >= 4 is 17.2 Å². The lowest BCUT2D eigenvalue weighted by atomic mass is 9.85. The van der Waals surface area contributed by atoms with E-state index in [9.17, 15) is 4.39 Å². The van der Waals surface area contributed by atoms with Gasteiger partial charge in [0.2, 0.25) is 0 Å². The molecule has 1 fully saturated rings. The SMILES string of the molecule is CCCC(C)C1CCC(COC2CC=C(c3ccc(OC)c(F)c3Cl)CC2)OC1. The van der Waals surface area contributed by atoms with Crippen molar-refractivity contribution in [1.82, 2.24) is 0 Å². The van der Waals surface area contributed by atoms with Crippen molar-refractivity contribution in [2.45, 2.75) is 71.0 Å². The molecule has 162 valence electrons. The Morgan fingerprint density at radius 1 is 1.28 bits per heavy atom. The highest BCUT2D eigenvalue weighted by Crippen LogP contribution is 2.37. The lowest BCUT2D eigenvalue weighted by molar-refractivity contribution is -0.0867. The van der Waals surface area contributed by atoms with E-state index in [0.29, 0.717) is 12.5 Å². The zero-order valence-electron chi connectivity index (χ0n) is 17.9. The molecular formula is C24H34ClFO3. The average molecular weight is 425 g/mol. The number of ether oxygens (including phenoxy) is 3. The summed E-state index contributed by atoms with van der Waals surface area (Å²) in [7, 11) is 1.44. The number of hydrogen-bond donors (Lipinski definition) is 0. The summed E-state index contributed by atoms with van der Waals surface area (Å²) in [6.07, 6.45) is 9.98. The second-order valence-electron chi connectivity index (χ2n) is 8.46. The van der Waals surface area contributed by atoms with Gasteiger partial charge in [-0.05, 0) is 67.2 Å². The molecule has 0 N–H and O–H groups in total. The molecule has 3 nitrogen and oxygen atoms in total. The predicted octanol–water partition coefficient (Wildman–Crippen LogP) is 6.67. The lowest BCUT2D eigenvalue weighted by Gasteiger charge is -2.33. The third-order valence-corrected chi connectivity index (χ3v) is 6.82. The molecular weight excluding hydrogens is 391 g/mol. The second-order valence-corrected chi connectivity index (χ2v) is 8.84. The van der Waals surface area contributed by atoms with Crippen LogP contribution < -0.4 is 4.74 Å². The Balaban J connectivity index is 1.46. The quantitative estimate of drug-likeness (QED) is 0.466. The minimum Gasteiger partial charge on any atom is -0.494 e. The summed E-state index contributed by atoms with van der Waals surface area (Å²) in [6.45, 7) is 6.13. The van der Waals surface area contributed by atoms with Gasteiger partial charge in [0.25, 0.3) is 0 Å². The van der Waals surface area contributed by atoms with Crippen LogP contribution in [-0.2, 0) is 9.47 Å². The molecule has 1 aromatic rings. The molecule has 0 saturated carbocycles. The molecule has 3 rings (SSSR count). The Kier molecular flexibility index (Phi) is 8.40. The van der Waals surface area contributed by atoms with Crippen molar-refractivity contribution in [2.75, 3.05) is 20.3 Å². The number of methoxy groups -OCH3 is 1. The minimum absolute atomic E-state index is 0.137. The molecule has 1 aliphatic carbocycles. The third kappa shape index (κ3) is 5.74. The van der Waals surface area contributed by atoms with Crippen molar-refractivity contribution in [1.29, 1.82) is 0 Å². The first kappa shape index (κ1) is 22.6. The van der Waals surface area contributed by atoms with E-state index in [1.165, 1.54) is 26.4 Å². The zero-order valence-corrected chi connectivity index (χ0v) is 18.6. The fourth-order valence-corrected chi connectivity index (χ4v) is 4.76. The standard InChI is InChI=1S/C24H34ClFO3/c1-4-5-16(2)18-8-11-20(28-14-18)15-29-19-9-6-17(7-10-19)21-12-13-22(27-3)24(26)23(21)25/h6,12-13,16,18-20H,4-5,7-11,14-15H2,1-3H3. The summed E-state index contributed by atoms with van der Waals surface area (Å²) in [5.74, 6) is 1.13. The molecule has 0 spiro atoms. The maximum absolute atomic E-state index is 14.2. The van der Waals surface area contributed by atoms with Gasteiger partial charge in [-0.3, -0.25) is 0 Å². The summed E-state index contributed by atoms with van der Waals surface area (Å²) in [5, 5.41) is 0.137. The summed E-state index contributed by atoms with van der Waals surface area (Å²) < 4.78 is 31.4. The molecule has 1 heterocycles. The summed E-state index contributed by atoms with van der Waals surface area (Å²) in [4.78, 5) is 0. The summed E-state index contributed by atoms with van der Waals surface area (Å²) >= 11 is 6.22. The third-order valence-electron chi connectivity index (χ3n) is 6.45. The normalized spacial score (nSPS) is 26.1. The van der Waals surface area contributed by atoms with Gasteiger partial charge in [0, 0.05) is 0 Å². The van der Waals surface area contributed by atoms with Crippen LogP contribution >= 0.6 is 11.6 Å². The molecule has 1 saturated heterocycles. The van der Waals surface area contributed by atoms with Gasteiger partial charge in [0.05, 0.1) is 37.6 Å². The molecule has 5 heteroatoms. The van der Waals surface area contributed by atoms with E-state index in [0.717, 1.165) is 49.3 Å². The Bertz CT molecular complexity index is 698. The van der Waals surface area contributed by atoms with Crippen LogP contribution in [0.5, 0.6) is 5.75 Å². The fraction of sp³-hybridized carbons (Fsp3) is 0.667. The van der Waals surface area contributed by atoms with Crippen molar-refractivity contribution in [2.24, 2.45) is 11.8 Å². The topological polar surface area (TPSA) is 27.7 Å². The molecule has 0 aromatic heterocycles. The van der Waals surface area contributed by atoms with Crippen molar-refractivity contribution in [3.63, 3.8) is 0 Å².